The van der Waals surface area contributed by atoms with E-state index in [9.17, 15) is 18.0 Å². The molecule has 0 bridgehead atoms. The zero-order valence-corrected chi connectivity index (χ0v) is 12.4. The minimum atomic E-state index is -3.37. The van der Waals surface area contributed by atoms with Gasteiger partial charge in [0, 0.05) is 12.1 Å². The Labute approximate surface area is 123 Å². The van der Waals surface area contributed by atoms with Crippen molar-refractivity contribution in [3.8, 4) is 0 Å². The van der Waals surface area contributed by atoms with Gasteiger partial charge in [-0.25, -0.2) is 8.42 Å². The van der Waals surface area contributed by atoms with Gasteiger partial charge in [-0.3, -0.25) is 9.59 Å². The van der Waals surface area contributed by atoms with Crippen molar-refractivity contribution >= 4 is 21.7 Å². The second kappa shape index (κ2) is 5.48. The van der Waals surface area contributed by atoms with Crippen LogP contribution in [0.1, 0.15) is 30.1 Å². The van der Waals surface area contributed by atoms with Crippen LogP contribution in [0.15, 0.2) is 29.2 Å². The Morgan fingerprint density at radius 3 is 2.52 bits per heavy atom. The smallest absolute Gasteiger partial charge is 0.311 e. The molecule has 1 aliphatic carbocycles. The van der Waals surface area contributed by atoms with E-state index in [0.717, 1.165) is 0 Å². The van der Waals surface area contributed by atoms with Gasteiger partial charge in [0.05, 0.1) is 16.1 Å². The molecule has 21 heavy (non-hydrogen) atoms. The number of sulfone groups is 1. The van der Waals surface area contributed by atoms with Gasteiger partial charge in [-0.1, -0.05) is 13.0 Å². The summed E-state index contributed by atoms with van der Waals surface area (Å²) in [5, 5.41) is 11.6. The predicted molar refractivity (Wildman–Crippen MR) is 75.8 cm³/mol. The van der Waals surface area contributed by atoms with E-state index in [-0.39, 0.29) is 22.8 Å². The van der Waals surface area contributed by atoms with Gasteiger partial charge in [0.25, 0.3) is 5.91 Å². The molecule has 0 unspecified atom stereocenters. The molecule has 6 nitrogen and oxygen atoms in total. The Bertz CT molecular complexity index is 676. The number of rotatable bonds is 6. The van der Waals surface area contributed by atoms with Crippen LogP contribution >= 0.6 is 0 Å². The topological polar surface area (TPSA) is 101 Å². The Hall–Kier alpha value is -1.89. The van der Waals surface area contributed by atoms with Crippen LogP contribution in [0.25, 0.3) is 0 Å². The van der Waals surface area contributed by atoms with E-state index < -0.39 is 27.1 Å². The van der Waals surface area contributed by atoms with Crippen LogP contribution in [0.4, 0.5) is 0 Å². The summed E-state index contributed by atoms with van der Waals surface area (Å²) in [5.41, 5.74) is -0.631. The van der Waals surface area contributed by atoms with Gasteiger partial charge < -0.3 is 10.4 Å². The molecular formula is C14H17NO5S. The van der Waals surface area contributed by atoms with Crippen LogP contribution in [-0.2, 0) is 14.6 Å². The minimum Gasteiger partial charge on any atom is -0.481 e. The average molecular weight is 311 g/mol. The Balaban J connectivity index is 2.10. The molecule has 2 rings (SSSR count). The van der Waals surface area contributed by atoms with Crippen molar-refractivity contribution in [2.45, 2.75) is 24.7 Å². The third-order valence-electron chi connectivity index (χ3n) is 3.73. The molecular weight excluding hydrogens is 294 g/mol. The number of hydrogen-bond donors (Lipinski definition) is 2. The fourth-order valence-electron chi connectivity index (χ4n) is 1.97. The second-order valence-electron chi connectivity index (χ2n) is 5.20. The number of amides is 1. The first-order chi connectivity index (χ1) is 9.81. The first kappa shape index (κ1) is 15.5. The molecule has 114 valence electrons. The van der Waals surface area contributed by atoms with Crippen molar-refractivity contribution in [3.63, 3.8) is 0 Å². The van der Waals surface area contributed by atoms with E-state index in [1.807, 2.05) is 0 Å². The van der Waals surface area contributed by atoms with E-state index in [1.165, 1.54) is 31.2 Å². The summed E-state index contributed by atoms with van der Waals surface area (Å²) >= 11 is 0. The van der Waals surface area contributed by atoms with E-state index in [2.05, 4.69) is 5.32 Å². The first-order valence-corrected chi connectivity index (χ1v) is 8.30. The second-order valence-corrected chi connectivity index (χ2v) is 7.48. The van der Waals surface area contributed by atoms with Gasteiger partial charge >= 0.3 is 5.97 Å². The van der Waals surface area contributed by atoms with Gasteiger partial charge in [0.1, 0.15) is 0 Å². The van der Waals surface area contributed by atoms with Crippen molar-refractivity contribution in [1.82, 2.24) is 5.32 Å². The predicted octanol–water partition coefficient (Wildman–Crippen LogP) is 1.07. The number of aliphatic carboxylic acids is 1. The van der Waals surface area contributed by atoms with Crippen LogP contribution in [0.5, 0.6) is 0 Å². The number of carboxylic acids is 1. The van der Waals surface area contributed by atoms with Crippen molar-refractivity contribution in [3.05, 3.63) is 29.8 Å². The third-order valence-corrected chi connectivity index (χ3v) is 5.46. The van der Waals surface area contributed by atoms with Crippen molar-refractivity contribution < 1.29 is 23.1 Å². The number of benzene rings is 1. The van der Waals surface area contributed by atoms with Gasteiger partial charge in [-0.2, -0.15) is 0 Å². The number of carbonyl (C=O) groups is 2. The lowest BCUT2D eigenvalue weighted by Crippen LogP contribution is -2.34. The molecule has 0 aromatic heterocycles. The molecule has 0 atom stereocenters. The number of nitrogens with one attached hydrogen (secondary N) is 1. The normalized spacial score (nSPS) is 16.2. The van der Waals surface area contributed by atoms with E-state index in [4.69, 9.17) is 5.11 Å². The van der Waals surface area contributed by atoms with Crippen LogP contribution < -0.4 is 5.32 Å². The highest BCUT2D eigenvalue weighted by atomic mass is 32.2. The molecule has 0 heterocycles. The van der Waals surface area contributed by atoms with Gasteiger partial charge in [-0.05, 0) is 31.0 Å². The van der Waals surface area contributed by atoms with E-state index in [1.54, 1.807) is 0 Å². The van der Waals surface area contributed by atoms with Gasteiger partial charge in [0.2, 0.25) is 0 Å². The molecule has 2 N–H and O–H groups in total. The molecule has 0 spiro atoms. The standard InChI is InChI=1S/C14H17NO5S/c1-2-21(19,20)11-5-3-4-10(8-11)12(16)15-9-14(6-7-14)13(17)18/h3-5,8H,2,6-7,9H2,1H3,(H,15,16)(H,17,18). The number of carbonyl (C=O) groups excluding carboxylic acids is 1. The quantitative estimate of drug-likeness (QED) is 0.818. The van der Waals surface area contributed by atoms with Crippen LogP contribution in [0.2, 0.25) is 0 Å². The maximum Gasteiger partial charge on any atom is 0.311 e. The highest BCUT2D eigenvalue weighted by molar-refractivity contribution is 7.91. The van der Waals surface area contributed by atoms with E-state index in [0.29, 0.717) is 12.8 Å². The highest BCUT2D eigenvalue weighted by Crippen LogP contribution is 2.45. The zero-order chi connectivity index (χ0) is 15.7. The molecule has 0 radical (unpaired) electrons. The van der Waals surface area contributed by atoms with Gasteiger partial charge in [-0.15, -0.1) is 0 Å². The Kier molecular flexibility index (Phi) is 4.04. The molecule has 1 saturated carbocycles. The Morgan fingerprint density at radius 1 is 1.33 bits per heavy atom. The fraction of sp³-hybridized carbons (Fsp3) is 0.429. The van der Waals surface area contributed by atoms with Crippen molar-refractivity contribution in [2.24, 2.45) is 5.41 Å². The van der Waals surface area contributed by atoms with Crippen LogP contribution in [0.3, 0.4) is 0 Å². The summed E-state index contributed by atoms with van der Waals surface area (Å²) in [6, 6.07) is 5.76. The average Bonchev–Trinajstić information content (AvgIpc) is 3.26. The van der Waals surface area contributed by atoms with Crippen molar-refractivity contribution in [1.29, 1.82) is 0 Å². The molecule has 0 aliphatic heterocycles. The van der Waals surface area contributed by atoms with E-state index >= 15 is 0 Å². The number of carboxylic acid groups (broad SMARTS) is 1. The van der Waals surface area contributed by atoms with Crippen LogP contribution in [-0.4, -0.2) is 37.7 Å². The highest BCUT2D eigenvalue weighted by Gasteiger charge is 2.50. The molecule has 1 aromatic rings. The van der Waals surface area contributed by atoms with Crippen molar-refractivity contribution in [2.75, 3.05) is 12.3 Å². The minimum absolute atomic E-state index is 0.0415. The maximum atomic E-state index is 12.0. The van der Waals surface area contributed by atoms with Crippen LogP contribution in [0, 0.1) is 5.41 Å². The molecule has 1 aliphatic rings. The maximum absolute atomic E-state index is 12.0. The lowest BCUT2D eigenvalue weighted by molar-refractivity contribution is -0.143. The summed E-state index contributed by atoms with van der Waals surface area (Å²) in [5.74, 6) is -1.42. The largest absolute Gasteiger partial charge is 0.481 e. The molecule has 0 saturated heterocycles. The molecule has 1 amide bonds. The SMILES string of the molecule is CCS(=O)(=O)c1cccc(C(=O)NCC2(C(=O)O)CC2)c1. The fourth-order valence-corrected chi connectivity index (χ4v) is 2.89. The lowest BCUT2D eigenvalue weighted by atomic mass is 10.1. The first-order valence-electron chi connectivity index (χ1n) is 6.65. The summed E-state index contributed by atoms with van der Waals surface area (Å²) in [4.78, 5) is 23.1. The molecule has 7 heteroatoms. The summed E-state index contributed by atoms with van der Waals surface area (Å²) in [6.45, 7) is 1.59. The summed E-state index contributed by atoms with van der Waals surface area (Å²) in [6.07, 6.45) is 1.10. The Morgan fingerprint density at radius 2 is 2.00 bits per heavy atom. The third kappa shape index (κ3) is 3.24. The number of hydrogen-bond acceptors (Lipinski definition) is 4. The lowest BCUT2D eigenvalue weighted by Gasteiger charge is -2.11. The van der Waals surface area contributed by atoms with Gasteiger partial charge in [0.15, 0.2) is 9.84 Å². The molecule has 1 fully saturated rings. The zero-order valence-electron chi connectivity index (χ0n) is 11.6. The summed E-state index contributed by atoms with van der Waals surface area (Å²) in [7, 11) is -3.37. The summed E-state index contributed by atoms with van der Waals surface area (Å²) < 4.78 is 23.6. The molecule has 1 aromatic carbocycles. The monoisotopic (exact) mass is 311 g/mol.